The molecule has 1 aromatic carbocycles. The second-order valence-electron chi connectivity index (χ2n) is 3.75. The summed E-state index contributed by atoms with van der Waals surface area (Å²) in [6.45, 7) is 1.92. The third kappa shape index (κ3) is 2.96. The van der Waals surface area contributed by atoms with Crippen LogP contribution in [-0.2, 0) is 0 Å². The van der Waals surface area contributed by atoms with Crippen molar-refractivity contribution in [1.29, 1.82) is 5.26 Å². The zero-order chi connectivity index (χ0) is 12.8. The minimum Gasteiger partial charge on any atom is -0.470 e. The number of rotatable bonds is 0. The molecule has 0 radical (unpaired) electrons. The van der Waals surface area contributed by atoms with Crippen molar-refractivity contribution < 1.29 is 4.42 Å². The van der Waals surface area contributed by atoms with Crippen molar-refractivity contribution >= 4 is 10.8 Å². The number of nitrogens with zero attached hydrogens (tertiary/aromatic N) is 2. The summed E-state index contributed by atoms with van der Waals surface area (Å²) < 4.78 is 4.83. The van der Waals surface area contributed by atoms with Gasteiger partial charge in [-0.15, -0.1) is 0 Å². The van der Waals surface area contributed by atoms with E-state index < -0.39 is 0 Å². The highest BCUT2D eigenvalue weighted by Crippen LogP contribution is 2.12. The van der Waals surface area contributed by atoms with Crippen LogP contribution in [0.2, 0.25) is 0 Å². The number of furan rings is 1. The van der Waals surface area contributed by atoms with Gasteiger partial charge in [0.1, 0.15) is 17.5 Å². The zero-order valence-electron chi connectivity index (χ0n) is 10.00. The van der Waals surface area contributed by atoms with E-state index in [0.717, 1.165) is 16.5 Å². The Morgan fingerprint density at radius 3 is 2.44 bits per heavy atom. The lowest BCUT2D eigenvalue weighted by molar-refractivity contribution is 0.534. The Kier molecular flexibility index (Phi) is 3.72. The molecule has 3 rings (SSSR count). The van der Waals surface area contributed by atoms with Crippen molar-refractivity contribution in [2.45, 2.75) is 6.92 Å². The largest absolute Gasteiger partial charge is 0.470 e. The summed E-state index contributed by atoms with van der Waals surface area (Å²) in [4.78, 5) is 3.96. The molecule has 0 saturated heterocycles. The molecule has 0 unspecified atom stereocenters. The molecular formula is C15H12N2O. The van der Waals surface area contributed by atoms with E-state index in [9.17, 15) is 0 Å². The number of pyridine rings is 1. The van der Waals surface area contributed by atoms with Crippen LogP contribution >= 0.6 is 0 Å². The van der Waals surface area contributed by atoms with Crippen molar-refractivity contribution in [3.63, 3.8) is 0 Å². The Morgan fingerprint density at radius 1 is 1.11 bits per heavy atom. The predicted molar refractivity (Wildman–Crippen MR) is 69.9 cm³/mol. The van der Waals surface area contributed by atoms with E-state index in [0.29, 0.717) is 5.69 Å². The molecule has 18 heavy (non-hydrogen) atoms. The normalized spacial score (nSPS) is 9.33. The number of benzene rings is 1. The number of aromatic nitrogens is 1. The van der Waals surface area contributed by atoms with Crippen molar-refractivity contribution in [3.8, 4) is 6.07 Å². The Labute approximate surface area is 105 Å². The van der Waals surface area contributed by atoms with Crippen molar-refractivity contribution in [2.24, 2.45) is 0 Å². The standard InChI is InChI=1S/C10H6N2.C5H6O/c11-6-10-5-8-3-1-2-4-9(8)7-12-10;1-5-3-2-4-6-5/h1-5,7H;2-4H,1H3. The van der Waals surface area contributed by atoms with E-state index >= 15 is 0 Å². The van der Waals surface area contributed by atoms with E-state index in [1.807, 2.05) is 49.4 Å². The Morgan fingerprint density at radius 2 is 1.89 bits per heavy atom. The van der Waals surface area contributed by atoms with Crippen LogP contribution in [-0.4, -0.2) is 4.98 Å². The number of fused-ring (bicyclic) bond motifs is 1. The molecule has 0 saturated carbocycles. The van der Waals surface area contributed by atoms with Crippen molar-refractivity contribution in [1.82, 2.24) is 4.98 Å². The third-order valence-electron chi connectivity index (χ3n) is 2.41. The Balaban J connectivity index is 0.000000169. The highest BCUT2D eigenvalue weighted by atomic mass is 16.3. The van der Waals surface area contributed by atoms with Gasteiger partial charge >= 0.3 is 0 Å². The topological polar surface area (TPSA) is 49.8 Å². The molecule has 0 N–H and O–H groups in total. The van der Waals surface area contributed by atoms with E-state index in [2.05, 4.69) is 4.98 Å². The molecule has 0 aliphatic carbocycles. The first-order valence-electron chi connectivity index (χ1n) is 5.54. The maximum atomic E-state index is 8.58. The molecule has 2 heterocycles. The molecule has 3 nitrogen and oxygen atoms in total. The zero-order valence-corrected chi connectivity index (χ0v) is 10.00. The molecular weight excluding hydrogens is 224 g/mol. The molecule has 0 fully saturated rings. The highest BCUT2D eigenvalue weighted by Gasteiger charge is 1.94. The Bertz CT molecular complexity index is 666. The quantitative estimate of drug-likeness (QED) is 0.598. The van der Waals surface area contributed by atoms with Crippen molar-refractivity contribution in [3.05, 3.63) is 66.4 Å². The van der Waals surface area contributed by atoms with Gasteiger partial charge in [-0.3, -0.25) is 0 Å². The molecule has 0 bridgehead atoms. The molecule has 0 aliphatic rings. The molecule has 3 aromatic rings. The van der Waals surface area contributed by atoms with Crippen LogP contribution < -0.4 is 0 Å². The minimum absolute atomic E-state index is 0.466. The van der Waals surface area contributed by atoms with Gasteiger partial charge in [-0.2, -0.15) is 5.26 Å². The summed E-state index contributed by atoms with van der Waals surface area (Å²) in [6.07, 6.45) is 3.38. The number of aryl methyl sites for hydroxylation is 1. The molecule has 0 atom stereocenters. The maximum Gasteiger partial charge on any atom is 0.141 e. The molecule has 0 aliphatic heterocycles. The minimum atomic E-state index is 0.466. The summed E-state index contributed by atoms with van der Waals surface area (Å²) in [7, 11) is 0. The lowest BCUT2D eigenvalue weighted by Crippen LogP contribution is -1.81. The van der Waals surface area contributed by atoms with E-state index in [-0.39, 0.29) is 0 Å². The summed E-state index contributed by atoms with van der Waals surface area (Å²) in [5.74, 6) is 0.968. The first-order chi connectivity index (χ1) is 8.79. The van der Waals surface area contributed by atoms with Gasteiger partial charge in [-0.25, -0.2) is 4.98 Å². The van der Waals surface area contributed by atoms with Crippen LogP contribution in [0.1, 0.15) is 11.5 Å². The van der Waals surface area contributed by atoms with Gasteiger partial charge in [0.2, 0.25) is 0 Å². The maximum absolute atomic E-state index is 8.58. The average Bonchev–Trinajstić information content (AvgIpc) is 2.90. The molecule has 2 aromatic heterocycles. The lowest BCUT2D eigenvalue weighted by Gasteiger charge is -1.94. The summed E-state index contributed by atoms with van der Waals surface area (Å²) >= 11 is 0. The van der Waals surface area contributed by atoms with Gasteiger partial charge in [-0.05, 0) is 30.5 Å². The fourth-order valence-electron chi connectivity index (χ4n) is 1.51. The van der Waals surface area contributed by atoms with E-state index in [1.54, 1.807) is 18.5 Å². The average molecular weight is 236 g/mol. The van der Waals surface area contributed by atoms with Crippen molar-refractivity contribution in [2.75, 3.05) is 0 Å². The van der Waals surface area contributed by atoms with Crippen LogP contribution in [0.5, 0.6) is 0 Å². The van der Waals surface area contributed by atoms with Gasteiger partial charge in [0.05, 0.1) is 6.26 Å². The highest BCUT2D eigenvalue weighted by molar-refractivity contribution is 5.82. The summed E-state index contributed by atoms with van der Waals surface area (Å²) in [5, 5.41) is 10.7. The third-order valence-corrected chi connectivity index (χ3v) is 2.41. The van der Waals surface area contributed by atoms with Gasteiger partial charge in [0, 0.05) is 11.6 Å². The van der Waals surface area contributed by atoms with E-state index in [4.69, 9.17) is 9.68 Å². The van der Waals surface area contributed by atoms with Crippen LogP contribution in [0.15, 0.2) is 59.3 Å². The van der Waals surface area contributed by atoms with Gasteiger partial charge < -0.3 is 4.42 Å². The summed E-state index contributed by atoms with van der Waals surface area (Å²) in [5.41, 5.74) is 0.466. The van der Waals surface area contributed by atoms with Gasteiger partial charge in [-0.1, -0.05) is 24.3 Å². The van der Waals surface area contributed by atoms with Gasteiger partial charge in [0.15, 0.2) is 0 Å². The monoisotopic (exact) mass is 236 g/mol. The fraction of sp³-hybridized carbons (Fsp3) is 0.0667. The first kappa shape index (κ1) is 11.9. The second kappa shape index (κ2) is 5.65. The predicted octanol–water partition coefficient (Wildman–Crippen LogP) is 3.69. The molecule has 0 amide bonds. The smallest absolute Gasteiger partial charge is 0.141 e. The summed E-state index contributed by atoms with van der Waals surface area (Å²) in [6, 6.07) is 15.4. The lowest BCUT2D eigenvalue weighted by atomic mass is 10.1. The van der Waals surface area contributed by atoms with E-state index in [1.165, 1.54) is 0 Å². The molecule has 0 spiro atoms. The van der Waals surface area contributed by atoms with Crippen LogP contribution in [0, 0.1) is 18.3 Å². The number of hydrogen-bond acceptors (Lipinski definition) is 3. The van der Waals surface area contributed by atoms with Gasteiger partial charge in [0.25, 0.3) is 0 Å². The first-order valence-corrected chi connectivity index (χ1v) is 5.54. The molecule has 3 heteroatoms. The number of hydrogen-bond donors (Lipinski definition) is 0. The molecule has 88 valence electrons. The number of nitriles is 1. The van der Waals surface area contributed by atoms with Crippen LogP contribution in [0.25, 0.3) is 10.8 Å². The fourth-order valence-corrected chi connectivity index (χ4v) is 1.51. The Hall–Kier alpha value is -2.60. The second-order valence-corrected chi connectivity index (χ2v) is 3.75. The van der Waals surface area contributed by atoms with Crippen LogP contribution in [0.4, 0.5) is 0 Å². The van der Waals surface area contributed by atoms with Crippen LogP contribution in [0.3, 0.4) is 0 Å². The SMILES string of the molecule is Cc1ccco1.N#Cc1cc2ccccc2cn1.